The summed E-state index contributed by atoms with van der Waals surface area (Å²) >= 11 is 1.64. The molecule has 0 aromatic heterocycles. The van der Waals surface area contributed by atoms with Gasteiger partial charge in [-0.2, -0.15) is 0 Å². The zero-order chi connectivity index (χ0) is 12.7. The Kier molecular flexibility index (Phi) is 5.86. The average molecular weight is 254 g/mol. The molecule has 94 valence electrons. The Labute approximate surface area is 106 Å². The van der Waals surface area contributed by atoms with Crippen molar-refractivity contribution in [1.29, 1.82) is 0 Å². The molecule has 1 rings (SSSR count). The molecule has 0 aliphatic heterocycles. The molecule has 0 spiro atoms. The van der Waals surface area contributed by atoms with E-state index in [1.165, 1.54) is 0 Å². The van der Waals surface area contributed by atoms with E-state index in [0.717, 1.165) is 10.6 Å². The Bertz CT molecular complexity index is 371. The van der Waals surface area contributed by atoms with E-state index in [4.69, 9.17) is 4.74 Å². The normalized spacial score (nSPS) is 11.9. The molecule has 0 aliphatic carbocycles. The van der Waals surface area contributed by atoms with Crippen LogP contribution in [0.5, 0.6) is 0 Å². The van der Waals surface area contributed by atoms with Gasteiger partial charge in [0.1, 0.15) is 0 Å². The van der Waals surface area contributed by atoms with Crippen LogP contribution in [-0.4, -0.2) is 32.0 Å². The number of anilines is 1. The van der Waals surface area contributed by atoms with Gasteiger partial charge in [0.2, 0.25) is 0 Å². The molecule has 5 heteroatoms. The molecule has 0 aliphatic rings. The van der Waals surface area contributed by atoms with Crippen molar-refractivity contribution in [1.82, 2.24) is 5.32 Å². The average Bonchev–Trinajstić information content (AvgIpc) is 2.29. The molecule has 2 amide bonds. The van der Waals surface area contributed by atoms with E-state index in [1.54, 1.807) is 18.9 Å². The van der Waals surface area contributed by atoms with Gasteiger partial charge in [0.15, 0.2) is 0 Å². The van der Waals surface area contributed by atoms with Crippen molar-refractivity contribution in [3.05, 3.63) is 24.3 Å². The van der Waals surface area contributed by atoms with E-state index >= 15 is 0 Å². The Morgan fingerprint density at radius 3 is 2.94 bits per heavy atom. The van der Waals surface area contributed by atoms with Crippen LogP contribution in [0.2, 0.25) is 0 Å². The van der Waals surface area contributed by atoms with E-state index in [-0.39, 0.29) is 12.1 Å². The number of thioether (sulfide) groups is 1. The summed E-state index contributed by atoms with van der Waals surface area (Å²) in [5.41, 5.74) is 0.791. The molecule has 0 bridgehead atoms. The second kappa shape index (κ2) is 7.19. The topological polar surface area (TPSA) is 50.4 Å². The molecule has 0 radical (unpaired) electrons. The highest BCUT2D eigenvalue weighted by molar-refractivity contribution is 7.98. The Balaban J connectivity index is 2.49. The molecule has 4 nitrogen and oxygen atoms in total. The lowest BCUT2D eigenvalue weighted by molar-refractivity contribution is 0.173. The van der Waals surface area contributed by atoms with E-state index in [0.29, 0.717) is 6.61 Å². The lowest BCUT2D eigenvalue weighted by Gasteiger charge is -2.13. The largest absolute Gasteiger partial charge is 0.383 e. The van der Waals surface area contributed by atoms with Gasteiger partial charge in [-0.15, -0.1) is 11.8 Å². The number of carbonyl (C=O) groups excluding carboxylic acids is 1. The van der Waals surface area contributed by atoms with Crippen molar-refractivity contribution in [3.8, 4) is 0 Å². The highest BCUT2D eigenvalue weighted by atomic mass is 32.2. The molecular weight excluding hydrogens is 236 g/mol. The van der Waals surface area contributed by atoms with Crippen LogP contribution in [0.1, 0.15) is 6.92 Å². The van der Waals surface area contributed by atoms with Crippen LogP contribution in [-0.2, 0) is 4.74 Å². The summed E-state index contributed by atoms with van der Waals surface area (Å²) in [6, 6.07) is 7.49. The first-order valence-electron chi connectivity index (χ1n) is 5.36. The van der Waals surface area contributed by atoms with E-state index in [2.05, 4.69) is 10.6 Å². The van der Waals surface area contributed by atoms with Gasteiger partial charge in [0.25, 0.3) is 0 Å². The van der Waals surface area contributed by atoms with Gasteiger partial charge >= 0.3 is 6.03 Å². The van der Waals surface area contributed by atoms with Crippen LogP contribution < -0.4 is 10.6 Å². The Morgan fingerprint density at radius 1 is 1.53 bits per heavy atom. The number of rotatable bonds is 5. The fraction of sp³-hybridized carbons (Fsp3) is 0.417. The van der Waals surface area contributed by atoms with Gasteiger partial charge in [0.05, 0.1) is 12.6 Å². The van der Waals surface area contributed by atoms with Crippen molar-refractivity contribution in [2.45, 2.75) is 17.9 Å². The maximum Gasteiger partial charge on any atom is 0.319 e. The molecule has 1 atom stereocenters. The molecule has 17 heavy (non-hydrogen) atoms. The number of hydrogen-bond acceptors (Lipinski definition) is 3. The lowest BCUT2D eigenvalue weighted by Crippen LogP contribution is -2.38. The minimum Gasteiger partial charge on any atom is -0.383 e. The summed E-state index contributed by atoms with van der Waals surface area (Å²) in [7, 11) is 1.61. The van der Waals surface area contributed by atoms with Crippen molar-refractivity contribution >= 4 is 23.5 Å². The maximum absolute atomic E-state index is 11.6. The molecule has 2 N–H and O–H groups in total. The first-order chi connectivity index (χ1) is 8.15. The van der Waals surface area contributed by atoms with E-state index in [1.807, 2.05) is 37.4 Å². The number of ether oxygens (including phenoxy) is 1. The van der Waals surface area contributed by atoms with E-state index < -0.39 is 0 Å². The summed E-state index contributed by atoms with van der Waals surface area (Å²) in [4.78, 5) is 12.7. The third-order valence-electron chi connectivity index (χ3n) is 2.12. The molecule has 0 fully saturated rings. The minimum atomic E-state index is -0.215. The van der Waals surface area contributed by atoms with Crippen LogP contribution in [0.4, 0.5) is 10.5 Å². The number of methoxy groups -OCH3 is 1. The number of hydrogen-bond donors (Lipinski definition) is 2. The zero-order valence-corrected chi connectivity index (χ0v) is 11.1. The number of benzene rings is 1. The summed E-state index contributed by atoms with van der Waals surface area (Å²) < 4.78 is 4.95. The van der Waals surface area contributed by atoms with Crippen LogP contribution in [0, 0.1) is 0 Å². The maximum atomic E-state index is 11.6. The van der Waals surface area contributed by atoms with Gasteiger partial charge in [-0.3, -0.25) is 0 Å². The Morgan fingerprint density at radius 2 is 2.29 bits per heavy atom. The van der Waals surface area contributed by atoms with Crippen LogP contribution in [0.15, 0.2) is 29.2 Å². The fourth-order valence-electron chi connectivity index (χ4n) is 1.38. The number of carbonyl (C=O) groups is 1. The molecule has 0 saturated heterocycles. The summed E-state index contributed by atoms with van der Waals surface area (Å²) in [5.74, 6) is 0. The molecular formula is C12H18N2O2S. The SMILES string of the molecule is COC[C@@H](C)NC(=O)Nc1cccc(SC)c1. The van der Waals surface area contributed by atoms with Crippen molar-refractivity contribution < 1.29 is 9.53 Å². The fourth-order valence-corrected chi connectivity index (χ4v) is 1.84. The van der Waals surface area contributed by atoms with Crippen molar-refractivity contribution in [3.63, 3.8) is 0 Å². The third-order valence-corrected chi connectivity index (χ3v) is 2.85. The summed E-state index contributed by atoms with van der Waals surface area (Å²) in [5, 5.41) is 5.57. The van der Waals surface area contributed by atoms with Gasteiger partial charge in [-0.1, -0.05) is 6.07 Å². The predicted octanol–water partition coefficient (Wildman–Crippen LogP) is 2.56. The summed E-state index contributed by atoms with van der Waals surface area (Å²) in [6.07, 6.45) is 2.00. The molecule has 0 saturated carbocycles. The smallest absolute Gasteiger partial charge is 0.319 e. The Hall–Kier alpha value is -1.20. The van der Waals surface area contributed by atoms with Crippen molar-refractivity contribution in [2.75, 3.05) is 25.3 Å². The molecule has 0 heterocycles. The van der Waals surface area contributed by atoms with Gasteiger partial charge in [0, 0.05) is 17.7 Å². The van der Waals surface area contributed by atoms with Crippen LogP contribution >= 0.6 is 11.8 Å². The number of nitrogens with one attached hydrogen (secondary N) is 2. The molecule has 0 unspecified atom stereocenters. The summed E-state index contributed by atoms with van der Waals surface area (Å²) in [6.45, 7) is 2.39. The third kappa shape index (κ3) is 5.10. The first kappa shape index (κ1) is 13.9. The standard InChI is InChI=1S/C12H18N2O2S/c1-9(8-16-2)13-12(15)14-10-5-4-6-11(7-10)17-3/h4-7,9H,8H2,1-3H3,(H2,13,14,15)/t9-/m1/s1. The number of urea groups is 1. The highest BCUT2D eigenvalue weighted by Gasteiger charge is 2.06. The first-order valence-corrected chi connectivity index (χ1v) is 6.58. The van der Waals surface area contributed by atoms with Gasteiger partial charge in [-0.05, 0) is 31.4 Å². The predicted molar refractivity (Wildman–Crippen MR) is 71.7 cm³/mol. The highest BCUT2D eigenvalue weighted by Crippen LogP contribution is 2.18. The number of amides is 2. The minimum absolute atomic E-state index is 0.0104. The van der Waals surface area contributed by atoms with Gasteiger partial charge in [-0.25, -0.2) is 4.79 Å². The molecule has 1 aromatic rings. The van der Waals surface area contributed by atoms with E-state index in [9.17, 15) is 4.79 Å². The van der Waals surface area contributed by atoms with Crippen LogP contribution in [0.25, 0.3) is 0 Å². The second-order valence-electron chi connectivity index (χ2n) is 3.69. The molecule has 1 aromatic carbocycles. The van der Waals surface area contributed by atoms with Crippen molar-refractivity contribution in [2.24, 2.45) is 0 Å². The van der Waals surface area contributed by atoms with Crippen LogP contribution in [0.3, 0.4) is 0 Å². The zero-order valence-electron chi connectivity index (χ0n) is 10.3. The lowest BCUT2D eigenvalue weighted by atomic mass is 10.3. The monoisotopic (exact) mass is 254 g/mol. The quantitative estimate of drug-likeness (QED) is 0.794. The van der Waals surface area contributed by atoms with Gasteiger partial charge < -0.3 is 15.4 Å². The second-order valence-corrected chi connectivity index (χ2v) is 4.57.